The highest BCUT2D eigenvalue weighted by Gasteiger charge is 2.28. The topological polar surface area (TPSA) is 94.5 Å². The molecule has 9 nitrogen and oxygen atoms in total. The number of pyridine rings is 1. The predicted molar refractivity (Wildman–Crippen MR) is 150 cm³/mol. The van der Waals surface area contributed by atoms with Crippen LogP contribution >= 0.6 is 0 Å². The zero-order chi connectivity index (χ0) is 29.5. The Morgan fingerprint density at radius 1 is 1.10 bits per heavy atom. The van der Waals surface area contributed by atoms with E-state index in [0.29, 0.717) is 24.3 Å². The number of fused-ring (bicyclic) bond motifs is 1. The van der Waals surface area contributed by atoms with Gasteiger partial charge >= 0.3 is 6.09 Å². The Balaban J connectivity index is 1.38. The van der Waals surface area contributed by atoms with Crippen LogP contribution in [0.15, 0.2) is 30.7 Å². The molecule has 4 aromatic rings. The summed E-state index contributed by atoms with van der Waals surface area (Å²) >= 11 is 0. The van der Waals surface area contributed by atoms with E-state index >= 15 is 8.78 Å². The van der Waals surface area contributed by atoms with Crippen LogP contribution in [0.3, 0.4) is 0 Å². The van der Waals surface area contributed by atoms with Crippen molar-refractivity contribution in [1.82, 2.24) is 24.6 Å². The minimum Gasteiger partial charge on any atom is -0.494 e. The van der Waals surface area contributed by atoms with Crippen molar-refractivity contribution < 1.29 is 27.8 Å². The van der Waals surface area contributed by atoms with Crippen molar-refractivity contribution in [2.75, 3.05) is 27.3 Å². The first-order chi connectivity index (χ1) is 19.5. The highest BCUT2D eigenvalue weighted by atomic mass is 19.1. The average Bonchev–Trinajstić information content (AvgIpc) is 3.53. The maximum Gasteiger partial charge on any atom is 0.410 e. The molecule has 218 valence electrons. The summed E-state index contributed by atoms with van der Waals surface area (Å²) in [5.74, 6) is -1.70. The van der Waals surface area contributed by atoms with Gasteiger partial charge in [0.25, 0.3) is 0 Å². The Hall–Kier alpha value is -4.15. The highest BCUT2D eigenvalue weighted by molar-refractivity contribution is 5.85. The van der Waals surface area contributed by atoms with Gasteiger partial charge in [0.05, 0.1) is 26.0 Å². The van der Waals surface area contributed by atoms with E-state index < -0.39 is 17.2 Å². The number of nitrogens with one attached hydrogen (secondary N) is 1. The van der Waals surface area contributed by atoms with Gasteiger partial charge in [-0.3, -0.25) is 4.68 Å². The molecule has 0 spiro atoms. The molecule has 0 bridgehead atoms. The lowest BCUT2D eigenvalue weighted by Gasteiger charge is -2.33. The summed E-state index contributed by atoms with van der Waals surface area (Å²) < 4.78 is 47.8. The van der Waals surface area contributed by atoms with Crippen LogP contribution in [0.4, 0.5) is 13.6 Å². The number of rotatable bonds is 6. The van der Waals surface area contributed by atoms with E-state index in [1.54, 1.807) is 17.3 Å². The number of halogens is 2. The number of hydrogen-bond donors (Lipinski definition) is 1. The Labute approximate surface area is 237 Å². The fourth-order valence-electron chi connectivity index (χ4n) is 5.23. The summed E-state index contributed by atoms with van der Waals surface area (Å²) in [7, 11) is 2.66. The number of amides is 1. The Bertz CT molecular complexity index is 1550. The van der Waals surface area contributed by atoms with Crippen LogP contribution in [-0.4, -0.2) is 63.7 Å². The van der Waals surface area contributed by atoms with Gasteiger partial charge in [0, 0.05) is 66.2 Å². The number of benzene rings is 1. The van der Waals surface area contributed by atoms with Gasteiger partial charge in [-0.05, 0) is 52.2 Å². The van der Waals surface area contributed by atoms with Gasteiger partial charge in [0.15, 0.2) is 23.1 Å². The summed E-state index contributed by atoms with van der Waals surface area (Å²) in [5.41, 5.74) is 3.22. The lowest BCUT2D eigenvalue weighted by molar-refractivity contribution is 0.0184. The monoisotopic (exact) mass is 567 g/mol. The van der Waals surface area contributed by atoms with E-state index in [1.165, 1.54) is 20.3 Å². The molecule has 4 heterocycles. The molecule has 1 aliphatic rings. The Kier molecular flexibility index (Phi) is 7.63. The maximum absolute atomic E-state index is 15.1. The van der Waals surface area contributed by atoms with Crippen LogP contribution in [0.25, 0.3) is 22.2 Å². The largest absolute Gasteiger partial charge is 0.494 e. The third-order valence-electron chi connectivity index (χ3n) is 7.37. The normalized spacial score (nSPS) is 14.5. The van der Waals surface area contributed by atoms with Crippen LogP contribution in [0.2, 0.25) is 0 Å². The second-order valence-electron chi connectivity index (χ2n) is 11.3. The van der Waals surface area contributed by atoms with Crippen molar-refractivity contribution in [3.8, 4) is 22.6 Å². The fraction of sp³-hybridized carbons (Fsp3) is 0.433. The minimum atomic E-state index is -0.765. The summed E-state index contributed by atoms with van der Waals surface area (Å²) in [6, 6.07) is 3.31. The van der Waals surface area contributed by atoms with Crippen molar-refractivity contribution in [3.05, 3.63) is 59.2 Å². The number of nitrogens with zero attached hydrogens (tertiary/aromatic N) is 4. The number of likely N-dealkylation sites (tertiary alicyclic amines) is 1. The fourth-order valence-corrected chi connectivity index (χ4v) is 5.23. The number of H-pyrrole nitrogens is 1. The van der Waals surface area contributed by atoms with E-state index in [1.807, 2.05) is 44.6 Å². The van der Waals surface area contributed by atoms with E-state index in [9.17, 15) is 4.79 Å². The molecule has 1 amide bonds. The average molecular weight is 568 g/mol. The van der Waals surface area contributed by atoms with Gasteiger partial charge in [-0.2, -0.15) is 5.10 Å². The first-order valence-corrected chi connectivity index (χ1v) is 13.6. The number of aromatic nitrogens is 4. The SMILES string of the molecule is COc1cc(OC)c(F)c(Cc2c[nH]c3ncc(-c4cn(C5CCN(C(=O)OC(C)(C)C)CC5)nc4C)cc23)c1F. The molecular weight excluding hydrogens is 532 g/mol. The summed E-state index contributed by atoms with van der Waals surface area (Å²) in [6.45, 7) is 8.71. The van der Waals surface area contributed by atoms with Crippen molar-refractivity contribution in [2.45, 2.75) is 58.6 Å². The van der Waals surface area contributed by atoms with E-state index in [2.05, 4.69) is 9.97 Å². The van der Waals surface area contributed by atoms with Crippen LogP contribution in [0.1, 0.15) is 56.5 Å². The number of aryl methyl sites for hydroxylation is 1. The van der Waals surface area contributed by atoms with E-state index in [0.717, 1.165) is 35.0 Å². The minimum absolute atomic E-state index is 0.0230. The van der Waals surface area contributed by atoms with Gasteiger partial charge < -0.3 is 24.1 Å². The smallest absolute Gasteiger partial charge is 0.410 e. The highest BCUT2D eigenvalue weighted by Crippen LogP contribution is 2.35. The van der Waals surface area contributed by atoms with E-state index in [4.69, 9.17) is 19.3 Å². The summed E-state index contributed by atoms with van der Waals surface area (Å²) in [5, 5.41) is 5.53. The molecule has 0 unspecified atom stereocenters. The summed E-state index contributed by atoms with van der Waals surface area (Å²) in [6.07, 6.45) is 6.69. The number of ether oxygens (including phenoxy) is 3. The Morgan fingerprint density at radius 2 is 1.76 bits per heavy atom. The molecular formula is C30H35F2N5O4. The van der Waals surface area contributed by atoms with Gasteiger partial charge in [-0.15, -0.1) is 0 Å². The molecule has 0 aliphatic carbocycles. The zero-order valence-corrected chi connectivity index (χ0v) is 24.2. The van der Waals surface area contributed by atoms with Gasteiger partial charge in [0.2, 0.25) is 0 Å². The molecule has 11 heteroatoms. The number of aromatic amines is 1. The third-order valence-corrected chi connectivity index (χ3v) is 7.37. The zero-order valence-electron chi connectivity index (χ0n) is 24.2. The third kappa shape index (κ3) is 5.71. The first-order valence-electron chi connectivity index (χ1n) is 13.6. The second kappa shape index (κ2) is 11.0. The summed E-state index contributed by atoms with van der Waals surface area (Å²) in [4.78, 5) is 21.9. The van der Waals surface area contributed by atoms with Gasteiger partial charge in [-0.1, -0.05) is 0 Å². The maximum atomic E-state index is 15.1. The number of methoxy groups -OCH3 is 2. The molecule has 1 aromatic carbocycles. The first kappa shape index (κ1) is 28.4. The molecule has 41 heavy (non-hydrogen) atoms. The molecule has 3 aromatic heterocycles. The molecule has 0 radical (unpaired) electrons. The lowest BCUT2D eigenvalue weighted by atomic mass is 10.0. The van der Waals surface area contributed by atoms with Crippen LogP contribution in [0, 0.1) is 18.6 Å². The molecule has 1 aliphatic heterocycles. The number of piperidine rings is 1. The molecule has 1 N–H and O–H groups in total. The Morgan fingerprint density at radius 3 is 2.37 bits per heavy atom. The lowest BCUT2D eigenvalue weighted by Crippen LogP contribution is -2.42. The van der Waals surface area contributed by atoms with E-state index in [-0.39, 0.29) is 35.6 Å². The predicted octanol–water partition coefficient (Wildman–Crippen LogP) is 6.19. The van der Waals surface area contributed by atoms with Crippen LogP contribution in [-0.2, 0) is 11.2 Å². The van der Waals surface area contributed by atoms with Gasteiger partial charge in [0.1, 0.15) is 11.2 Å². The van der Waals surface area contributed by atoms with Crippen molar-refractivity contribution in [1.29, 1.82) is 0 Å². The number of hydrogen-bond acceptors (Lipinski definition) is 6. The van der Waals surface area contributed by atoms with Crippen molar-refractivity contribution >= 4 is 17.1 Å². The molecule has 1 fully saturated rings. The quantitative estimate of drug-likeness (QED) is 0.299. The standard InChI is InChI=1S/C30H35F2N5O4/c1-17-23(16-37(35-17)20-7-9-36(10-8-20)29(38)41-30(2,3)4)19-11-21-18(14-33-28(21)34-15-19)12-22-26(31)24(39-5)13-25(40-6)27(22)32/h11,13-16,20H,7-10,12H2,1-6H3,(H,33,34). The molecule has 5 rings (SSSR count). The van der Waals surface area contributed by atoms with Crippen molar-refractivity contribution in [2.24, 2.45) is 0 Å². The number of carbonyl (C=O) groups is 1. The number of carbonyl (C=O) groups excluding carboxylic acids is 1. The molecule has 0 atom stereocenters. The second-order valence-corrected chi connectivity index (χ2v) is 11.3. The van der Waals surface area contributed by atoms with Gasteiger partial charge in [-0.25, -0.2) is 18.6 Å². The van der Waals surface area contributed by atoms with Crippen molar-refractivity contribution in [3.63, 3.8) is 0 Å². The van der Waals surface area contributed by atoms with Crippen LogP contribution < -0.4 is 9.47 Å². The molecule has 0 saturated carbocycles. The van der Waals surface area contributed by atoms with Crippen LogP contribution in [0.5, 0.6) is 11.5 Å². The molecule has 1 saturated heterocycles.